The number of hydrogen-bond donors (Lipinski definition) is 1. The van der Waals surface area contributed by atoms with Gasteiger partial charge in [-0.2, -0.15) is 0 Å². The van der Waals surface area contributed by atoms with Crippen LogP contribution in [-0.2, 0) is 14.3 Å². The van der Waals surface area contributed by atoms with Gasteiger partial charge in [0.15, 0.2) is 0 Å². The van der Waals surface area contributed by atoms with Crippen molar-refractivity contribution in [2.75, 3.05) is 42.5 Å². The van der Waals surface area contributed by atoms with Gasteiger partial charge in [0, 0.05) is 56.1 Å². The van der Waals surface area contributed by atoms with E-state index in [0.717, 1.165) is 0 Å². The van der Waals surface area contributed by atoms with Crippen LogP contribution in [0.25, 0.3) is 11.1 Å². The van der Waals surface area contributed by atoms with Gasteiger partial charge >= 0.3 is 6.09 Å². The molecule has 2 aliphatic rings. The van der Waals surface area contributed by atoms with Gasteiger partial charge in [-0.3, -0.25) is 14.5 Å². The molecule has 0 spiro atoms. The number of halogens is 1. The molecule has 0 bridgehead atoms. The first-order valence-corrected chi connectivity index (χ1v) is 10.9. The molecule has 2 fully saturated rings. The molecule has 1 atom stereocenters. The molecule has 3 amide bonds. The van der Waals surface area contributed by atoms with Crippen molar-refractivity contribution in [2.24, 2.45) is 5.73 Å². The van der Waals surface area contributed by atoms with Crippen LogP contribution in [0.1, 0.15) is 12.8 Å². The third-order valence-corrected chi connectivity index (χ3v) is 5.85. The molecular weight excluding hydrogens is 443 g/mol. The predicted octanol–water partition coefficient (Wildman–Crippen LogP) is 1.71. The number of primary amides is 1. The summed E-state index contributed by atoms with van der Waals surface area (Å²) in [5.41, 5.74) is 6.30. The van der Waals surface area contributed by atoms with Crippen LogP contribution in [0.3, 0.4) is 0 Å². The summed E-state index contributed by atoms with van der Waals surface area (Å²) in [5, 5.41) is 0. The molecule has 2 saturated heterocycles. The molecule has 2 aromatic rings. The summed E-state index contributed by atoms with van der Waals surface area (Å²) in [5.74, 6) is -0.589. The SMILES string of the molecule is C=CC(=O)N1CCN(c2ncc(-c3ccc(N4CC(CCC(N)=O)OC4=O)cc3F)cn2)CC1. The van der Waals surface area contributed by atoms with Crippen molar-refractivity contribution in [1.29, 1.82) is 0 Å². The minimum Gasteiger partial charge on any atom is -0.444 e. The Morgan fingerprint density at radius 2 is 1.91 bits per heavy atom. The first-order valence-electron chi connectivity index (χ1n) is 10.9. The van der Waals surface area contributed by atoms with Crippen molar-refractivity contribution < 1.29 is 23.5 Å². The van der Waals surface area contributed by atoms with Crippen LogP contribution in [0.15, 0.2) is 43.2 Å². The van der Waals surface area contributed by atoms with Gasteiger partial charge in [0.25, 0.3) is 0 Å². The largest absolute Gasteiger partial charge is 0.444 e. The van der Waals surface area contributed by atoms with Crippen molar-refractivity contribution in [3.05, 3.63) is 49.1 Å². The molecule has 2 aliphatic heterocycles. The topological polar surface area (TPSA) is 122 Å². The Morgan fingerprint density at radius 3 is 2.53 bits per heavy atom. The number of hydrogen-bond acceptors (Lipinski definition) is 7. The first kappa shape index (κ1) is 23.1. The van der Waals surface area contributed by atoms with Crippen LogP contribution < -0.4 is 15.5 Å². The molecule has 178 valence electrons. The van der Waals surface area contributed by atoms with Gasteiger partial charge in [-0.15, -0.1) is 0 Å². The van der Waals surface area contributed by atoms with Crippen molar-refractivity contribution in [3.8, 4) is 11.1 Å². The summed E-state index contributed by atoms with van der Waals surface area (Å²) in [4.78, 5) is 48.6. The van der Waals surface area contributed by atoms with Crippen molar-refractivity contribution in [1.82, 2.24) is 14.9 Å². The maximum atomic E-state index is 14.9. The lowest BCUT2D eigenvalue weighted by molar-refractivity contribution is -0.126. The van der Waals surface area contributed by atoms with Crippen molar-refractivity contribution in [2.45, 2.75) is 18.9 Å². The second kappa shape index (κ2) is 9.86. The van der Waals surface area contributed by atoms with Gasteiger partial charge in [0.1, 0.15) is 11.9 Å². The maximum absolute atomic E-state index is 14.9. The Labute approximate surface area is 195 Å². The van der Waals surface area contributed by atoms with Gasteiger partial charge in [-0.25, -0.2) is 19.2 Å². The zero-order valence-electron chi connectivity index (χ0n) is 18.5. The normalized spacial score (nSPS) is 18.1. The second-order valence-corrected chi connectivity index (χ2v) is 8.07. The number of piperazine rings is 1. The van der Waals surface area contributed by atoms with Gasteiger partial charge in [0.05, 0.1) is 12.2 Å². The quantitative estimate of drug-likeness (QED) is 0.614. The highest BCUT2D eigenvalue weighted by Crippen LogP contribution is 2.29. The van der Waals surface area contributed by atoms with Crippen LogP contribution in [0, 0.1) is 5.82 Å². The molecule has 1 aromatic heterocycles. The molecule has 0 saturated carbocycles. The second-order valence-electron chi connectivity index (χ2n) is 8.07. The lowest BCUT2D eigenvalue weighted by Gasteiger charge is -2.34. The highest BCUT2D eigenvalue weighted by Gasteiger charge is 2.32. The molecule has 1 aromatic carbocycles. The average molecular weight is 468 g/mol. The van der Waals surface area contributed by atoms with Gasteiger partial charge < -0.3 is 20.3 Å². The lowest BCUT2D eigenvalue weighted by atomic mass is 10.1. The van der Waals surface area contributed by atoms with Gasteiger partial charge in [0.2, 0.25) is 17.8 Å². The van der Waals surface area contributed by atoms with E-state index in [2.05, 4.69) is 16.5 Å². The molecule has 0 aliphatic carbocycles. The Balaban J connectivity index is 1.41. The maximum Gasteiger partial charge on any atom is 0.414 e. The smallest absolute Gasteiger partial charge is 0.414 e. The highest BCUT2D eigenvalue weighted by atomic mass is 19.1. The summed E-state index contributed by atoms with van der Waals surface area (Å²) in [6.45, 7) is 6.01. The van der Waals surface area contributed by atoms with E-state index in [1.165, 1.54) is 17.0 Å². The number of carbonyl (C=O) groups is 3. The summed E-state index contributed by atoms with van der Waals surface area (Å²) in [7, 11) is 0. The fourth-order valence-corrected chi connectivity index (χ4v) is 3.97. The van der Waals surface area contributed by atoms with Gasteiger partial charge in [-0.1, -0.05) is 6.58 Å². The van der Waals surface area contributed by atoms with E-state index in [4.69, 9.17) is 10.5 Å². The highest BCUT2D eigenvalue weighted by molar-refractivity contribution is 5.90. The molecule has 11 heteroatoms. The number of rotatable bonds is 7. The molecule has 0 radical (unpaired) electrons. The summed E-state index contributed by atoms with van der Waals surface area (Å²) < 4.78 is 20.2. The summed E-state index contributed by atoms with van der Waals surface area (Å²) >= 11 is 0. The molecule has 3 heterocycles. The summed E-state index contributed by atoms with van der Waals surface area (Å²) in [6.07, 6.45) is 3.76. The number of cyclic esters (lactones) is 1. The number of ether oxygens (including phenoxy) is 1. The third-order valence-electron chi connectivity index (χ3n) is 5.85. The third kappa shape index (κ3) is 4.98. The lowest BCUT2D eigenvalue weighted by Crippen LogP contribution is -2.48. The van der Waals surface area contributed by atoms with E-state index in [9.17, 15) is 18.8 Å². The Morgan fingerprint density at radius 1 is 1.21 bits per heavy atom. The molecule has 2 N–H and O–H groups in total. The number of amides is 3. The zero-order valence-corrected chi connectivity index (χ0v) is 18.5. The number of benzene rings is 1. The van der Waals surface area contributed by atoms with Crippen molar-refractivity contribution >= 4 is 29.5 Å². The minimum absolute atomic E-state index is 0.0989. The minimum atomic E-state index is -0.593. The van der Waals surface area contributed by atoms with Crippen molar-refractivity contribution in [3.63, 3.8) is 0 Å². The van der Waals surface area contributed by atoms with Crippen LogP contribution in [0.4, 0.5) is 20.8 Å². The van der Waals surface area contributed by atoms with E-state index in [-0.39, 0.29) is 18.9 Å². The molecule has 34 heavy (non-hydrogen) atoms. The van der Waals surface area contributed by atoms with Gasteiger partial charge in [-0.05, 0) is 30.7 Å². The van der Waals surface area contributed by atoms with Crippen LogP contribution in [0.2, 0.25) is 0 Å². The zero-order chi connectivity index (χ0) is 24.2. The van der Waals surface area contributed by atoms with E-state index < -0.39 is 23.9 Å². The fraction of sp³-hybridized carbons (Fsp3) is 0.348. The van der Waals surface area contributed by atoms with Crippen LogP contribution >= 0.6 is 0 Å². The Hall–Kier alpha value is -4.02. The van der Waals surface area contributed by atoms with E-state index in [0.29, 0.717) is 55.4 Å². The van der Waals surface area contributed by atoms with E-state index in [1.807, 2.05) is 4.90 Å². The molecule has 4 rings (SSSR count). The molecule has 1 unspecified atom stereocenters. The summed E-state index contributed by atoms with van der Waals surface area (Å²) in [6, 6.07) is 4.45. The number of carbonyl (C=O) groups excluding carboxylic acids is 3. The van der Waals surface area contributed by atoms with Crippen LogP contribution in [0.5, 0.6) is 0 Å². The molecule has 10 nitrogen and oxygen atoms in total. The average Bonchev–Trinajstić information content (AvgIpc) is 3.23. The standard InChI is InChI=1S/C23H25FN6O4/c1-2-21(32)28-7-9-29(10-8-28)22-26-12-15(13-27-22)18-5-3-16(11-19(18)24)30-14-17(34-23(30)33)4-6-20(25)31/h2-3,5,11-13,17H,1,4,6-10,14H2,(H2,25,31). The number of anilines is 2. The number of nitrogens with two attached hydrogens (primary N) is 1. The predicted molar refractivity (Wildman–Crippen MR) is 122 cm³/mol. The van der Waals surface area contributed by atoms with E-state index in [1.54, 1.807) is 29.4 Å². The first-order chi connectivity index (χ1) is 16.4. The van der Waals surface area contributed by atoms with Crippen LogP contribution in [-0.4, -0.2) is 71.6 Å². The Bertz CT molecular complexity index is 1100. The molecular formula is C23H25FN6O4. The fourth-order valence-electron chi connectivity index (χ4n) is 3.97. The number of aromatic nitrogens is 2. The number of nitrogens with zero attached hydrogens (tertiary/aromatic N) is 5. The Kier molecular flexibility index (Phi) is 6.71. The van der Waals surface area contributed by atoms with E-state index >= 15 is 0 Å². The monoisotopic (exact) mass is 468 g/mol.